The van der Waals surface area contributed by atoms with E-state index in [1.807, 2.05) is 11.8 Å². The number of hydrogen-bond acceptors (Lipinski definition) is 8. The minimum absolute atomic E-state index is 0.0257. The van der Waals surface area contributed by atoms with Gasteiger partial charge in [-0.2, -0.15) is 0 Å². The Kier molecular flexibility index (Phi) is 8.02. The van der Waals surface area contributed by atoms with Crippen molar-refractivity contribution < 1.29 is 27.4 Å². The maximum absolute atomic E-state index is 14.3. The molecular formula is C28H32FN5O5S. The number of benzene rings is 2. The number of halogens is 1. The number of amides is 2. The van der Waals surface area contributed by atoms with Crippen molar-refractivity contribution in [3.8, 4) is 22.5 Å². The van der Waals surface area contributed by atoms with E-state index in [1.165, 1.54) is 12.1 Å². The molecule has 2 fully saturated rings. The van der Waals surface area contributed by atoms with Crippen molar-refractivity contribution >= 4 is 27.5 Å². The molecule has 5 rings (SSSR count). The van der Waals surface area contributed by atoms with Gasteiger partial charge in [-0.3, -0.25) is 0 Å². The Morgan fingerprint density at radius 1 is 1.10 bits per heavy atom. The first-order valence-corrected chi connectivity index (χ1v) is 15.1. The van der Waals surface area contributed by atoms with Crippen LogP contribution in [0.25, 0.3) is 22.5 Å². The van der Waals surface area contributed by atoms with Gasteiger partial charge in [-0.25, -0.2) is 27.6 Å². The summed E-state index contributed by atoms with van der Waals surface area (Å²) >= 11 is 0. The molecule has 212 valence electrons. The van der Waals surface area contributed by atoms with Crippen molar-refractivity contribution in [2.45, 2.75) is 49.3 Å². The maximum Gasteiger partial charge on any atom is 0.319 e. The fourth-order valence-corrected chi connectivity index (χ4v) is 5.95. The number of rotatable bonds is 6. The lowest BCUT2D eigenvalue weighted by atomic mass is 10.1. The van der Waals surface area contributed by atoms with E-state index in [-0.39, 0.29) is 28.2 Å². The van der Waals surface area contributed by atoms with Crippen LogP contribution in [0.4, 0.5) is 20.8 Å². The number of carbonyl (C=O) groups excluding carboxylic acids is 1. The van der Waals surface area contributed by atoms with Gasteiger partial charge < -0.3 is 25.4 Å². The first kappa shape index (κ1) is 27.9. The van der Waals surface area contributed by atoms with Crippen LogP contribution in [-0.2, 0) is 14.6 Å². The van der Waals surface area contributed by atoms with E-state index < -0.39 is 27.8 Å². The minimum atomic E-state index is -3.68. The molecule has 0 unspecified atom stereocenters. The average Bonchev–Trinajstić information content (AvgIpc) is 3.32. The average molecular weight is 570 g/mol. The van der Waals surface area contributed by atoms with Crippen molar-refractivity contribution in [2.24, 2.45) is 0 Å². The number of ether oxygens (including phenoxy) is 1. The molecule has 10 nitrogen and oxygen atoms in total. The zero-order valence-corrected chi connectivity index (χ0v) is 23.1. The Morgan fingerprint density at radius 2 is 1.85 bits per heavy atom. The highest BCUT2D eigenvalue weighted by Crippen LogP contribution is 2.32. The number of urea groups is 1. The van der Waals surface area contributed by atoms with E-state index in [9.17, 15) is 22.7 Å². The van der Waals surface area contributed by atoms with Crippen LogP contribution in [-0.4, -0.2) is 73.7 Å². The third kappa shape index (κ3) is 6.24. The number of nitrogens with one attached hydrogen (secondary N) is 2. The summed E-state index contributed by atoms with van der Waals surface area (Å²) in [6.45, 7) is 3.49. The molecule has 0 bridgehead atoms. The lowest BCUT2D eigenvalue weighted by molar-refractivity contribution is 0.0981. The molecule has 40 heavy (non-hydrogen) atoms. The third-order valence-electron chi connectivity index (χ3n) is 7.19. The molecule has 1 saturated carbocycles. The molecule has 3 atom stereocenters. The molecule has 1 aliphatic heterocycles. The third-order valence-corrected chi connectivity index (χ3v) is 8.35. The van der Waals surface area contributed by atoms with Gasteiger partial charge in [0, 0.05) is 29.6 Å². The molecule has 12 heteroatoms. The highest BCUT2D eigenvalue weighted by atomic mass is 32.2. The molecular weight excluding hydrogens is 537 g/mol. The van der Waals surface area contributed by atoms with Crippen molar-refractivity contribution in [3.63, 3.8) is 0 Å². The topological polar surface area (TPSA) is 134 Å². The van der Waals surface area contributed by atoms with Crippen LogP contribution in [0.15, 0.2) is 53.4 Å². The number of aromatic nitrogens is 2. The van der Waals surface area contributed by atoms with E-state index in [2.05, 4.69) is 15.6 Å². The van der Waals surface area contributed by atoms with E-state index >= 15 is 0 Å². The number of hydrogen-bond donors (Lipinski definition) is 3. The predicted octanol–water partition coefficient (Wildman–Crippen LogP) is 3.61. The summed E-state index contributed by atoms with van der Waals surface area (Å²) in [6, 6.07) is 11.5. The minimum Gasteiger partial charge on any atom is -0.391 e. The molecule has 3 N–H and O–H groups in total. The van der Waals surface area contributed by atoms with Crippen molar-refractivity contribution in [1.29, 1.82) is 0 Å². The molecule has 2 heterocycles. The monoisotopic (exact) mass is 569 g/mol. The van der Waals surface area contributed by atoms with E-state index in [0.29, 0.717) is 49.1 Å². The summed E-state index contributed by atoms with van der Waals surface area (Å²) in [4.78, 5) is 23.8. The molecule has 2 amide bonds. The summed E-state index contributed by atoms with van der Waals surface area (Å²) in [5, 5.41) is 15.5. The number of anilines is 2. The van der Waals surface area contributed by atoms with Gasteiger partial charge in [0.2, 0.25) is 5.95 Å². The lowest BCUT2D eigenvalue weighted by Crippen LogP contribution is -2.44. The molecule has 0 spiro atoms. The number of morpholine rings is 1. The van der Waals surface area contributed by atoms with Gasteiger partial charge in [0.1, 0.15) is 5.82 Å². The van der Waals surface area contributed by atoms with E-state index in [1.54, 1.807) is 30.3 Å². The van der Waals surface area contributed by atoms with Gasteiger partial charge in [0.15, 0.2) is 9.84 Å². The molecule has 1 aliphatic carbocycles. The fourth-order valence-electron chi connectivity index (χ4n) is 5.07. The van der Waals surface area contributed by atoms with Gasteiger partial charge in [-0.05, 0) is 62.6 Å². The first-order valence-electron chi connectivity index (χ1n) is 13.2. The molecule has 1 aromatic heterocycles. The Labute approximate surface area is 232 Å². The maximum atomic E-state index is 14.3. The van der Waals surface area contributed by atoms with Crippen LogP contribution in [0.5, 0.6) is 0 Å². The second-order valence-corrected chi connectivity index (χ2v) is 12.2. The predicted molar refractivity (Wildman–Crippen MR) is 149 cm³/mol. The zero-order valence-electron chi connectivity index (χ0n) is 22.3. The smallest absolute Gasteiger partial charge is 0.319 e. The summed E-state index contributed by atoms with van der Waals surface area (Å²) < 4.78 is 45.0. The van der Waals surface area contributed by atoms with Crippen LogP contribution in [0.3, 0.4) is 0 Å². The standard InChI is InChI=1S/C28H32FN5O5S/c1-17-16-39-13-12-34(17)27-31-23(15-24(32-27)21-14-19(29)8-11-26(21)40(2,37)38)18-6-9-20(10-7-18)30-28(36)33-22-4-3-5-25(22)35/h6-11,14-15,17,22,25,35H,3-5,12-13,16H2,1-2H3,(H2,30,33,36)/t17-,22-,25-/m0/s1. The van der Waals surface area contributed by atoms with E-state index in [4.69, 9.17) is 9.72 Å². The van der Waals surface area contributed by atoms with Crippen LogP contribution < -0.4 is 15.5 Å². The Balaban J connectivity index is 1.49. The Morgan fingerprint density at radius 3 is 2.52 bits per heavy atom. The molecule has 3 aromatic rings. The van der Waals surface area contributed by atoms with Crippen molar-refractivity contribution in [2.75, 3.05) is 36.2 Å². The Bertz CT molecular complexity index is 1500. The summed E-state index contributed by atoms with van der Waals surface area (Å²) in [5.41, 5.74) is 2.18. The quantitative estimate of drug-likeness (QED) is 0.384. The highest BCUT2D eigenvalue weighted by molar-refractivity contribution is 7.90. The van der Waals surface area contributed by atoms with Crippen molar-refractivity contribution in [3.05, 3.63) is 54.3 Å². The highest BCUT2D eigenvalue weighted by Gasteiger charge is 2.27. The Hall–Kier alpha value is -3.61. The number of nitrogens with zero attached hydrogens (tertiary/aromatic N) is 3. The number of sulfone groups is 1. The van der Waals surface area contributed by atoms with Crippen LogP contribution in [0.2, 0.25) is 0 Å². The van der Waals surface area contributed by atoms with Gasteiger partial charge in [0.05, 0.1) is 47.7 Å². The normalized spacial score (nSPS) is 21.3. The fraction of sp³-hybridized carbons (Fsp3) is 0.393. The SMILES string of the molecule is C[C@H]1COCCN1c1nc(-c2ccc(NC(=O)N[C@H]3CCC[C@@H]3O)cc2)cc(-c2cc(F)ccc2S(C)(=O)=O)n1. The van der Waals surface area contributed by atoms with Gasteiger partial charge in [-0.1, -0.05) is 12.1 Å². The van der Waals surface area contributed by atoms with Crippen LogP contribution in [0.1, 0.15) is 26.2 Å². The van der Waals surface area contributed by atoms with Crippen LogP contribution >= 0.6 is 0 Å². The van der Waals surface area contributed by atoms with Crippen LogP contribution in [0, 0.1) is 5.82 Å². The van der Waals surface area contributed by atoms with Gasteiger partial charge >= 0.3 is 6.03 Å². The number of carbonyl (C=O) groups is 1. The van der Waals surface area contributed by atoms with Gasteiger partial charge in [0.25, 0.3) is 0 Å². The zero-order chi connectivity index (χ0) is 28.4. The summed E-state index contributed by atoms with van der Waals surface area (Å²) in [7, 11) is -3.68. The molecule has 2 aromatic carbocycles. The summed E-state index contributed by atoms with van der Waals surface area (Å²) in [6.07, 6.45) is 2.82. The second kappa shape index (κ2) is 11.5. The number of aliphatic hydroxyl groups excluding tert-OH is 1. The molecule has 0 radical (unpaired) electrons. The lowest BCUT2D eigenvalue weighted by Gasteiger charge is -2.33. The molecule has 1 saturated heterocycles. The first-order chi connectivity index (χ1) is 19.1. The number of aliphatic hydroxyl groups is 1. The summed E-state index contributed by atoms with van der Waals surface area (Å²) in [5.74, 6) is -0.202. The second-order valence-electron chi connectivity index (χ2n) is 10.2. The van der Waals surface area contributed by atoms with Gasteiger partial charge in [-0.15, -0.1) is 0 Å². The van der Waals surface area contributed by atoms with E-state index in [0.717, 1.165) is 25.2 Å². The van der Waals surface area contributed by atoms with Crippen molar-refractivity contribution in [1.82, 2.24) is 15.3 Å². The molecule has 2 aliphatic rings. The largest absolute Gasteiger partial charge is 0.391 e.